The molecule has 106 valence electrons. The summed E-state index contributed by atoms with van der Waals surface area (Å²) in [6, 6.07) is 11.4. The van der Waals surface area contributed by atoms with Crippen molar-refractivity contribution >= 4 is 23.2 Å². The lowest BCUT2D eigenvalue weighted by Gasteiger charge is -2.33. The molecular weight excluding hydrogens is 296 g/mol. The Labute approximate surface area is 128 Å². The molecule has 0 bridgehead atoms. The molecule has 0 aliphatic heterocycles. The number of hydrogen-bond donors (Lipinski definition) is 1. The first-order valence-corrected chi connectivity index (χ1v) is 7.05. The highest BCUT2D eigenvalue weighted by Crippen LogP contribution is 2.39. The van der Waals surface area contributed by atoms with Gasteiger partial charge in [0.2, 0.25) is 0 Å². The third-order valence-electron chi connectivity index (χ3n) is 3.68. The Morgan fingerprint density at radius 1 is 1.05 bits per heavy atom. The van der Waals surface area contributed by atoms with Crippen LogP contribution in [0.25, 0.3) is 0 Å². The molecule has 2 rings (SSSR count). The molecule has 0 fully saturated rings. The summed E-state index contributed by atoms with van der Waals surface area (Å²) in [6.45, 7) is 4.00. The highest BCUT2D eigenvalue weighted by atomic mass is 35.5. The second-order valence-electron chi connectivity index (χ2n) is 5.35. The van der Waals surface area contributed by atoms with Gasteiger partial charge in [-0.1, -0.05) is 61.3 Å². The lowest BCUT2D eigenvalue weighted by Crippen LogP contribution is -2.33. The zero-order valence-corrected chi connectivity index (χ0v) is 12.8. The number of hydrogen-bond acceptors (Lipinski definition) is 1. The molecule has 2 aromatic rings. The maximum atomic E-state index is 13.0. The summed E-state index contributed by atoms with van der Waals surface area (Å²) in [5.74, 6) is -0.265. The molecule has 0 aliphatic carbocycles. The fourth-order valence-electron chi connectivity index (χ4n) is 2.21. The van der Waals surface area contributed by atoms with Crippen molar-refractivity contribution in [1.29, 1.82) is 0 Å². The third kappa shape index (κ3) is 2.83. The van der Waals surface area contributed by atoms with E-state index in [1.165, 1.54) is 12.1 Å². The van der Waals surface area contributed by atoms with Crippen molar-refractivity contribution in [2.24, 2.45) is 5.73 Å². The van der Waals surface area contributed by atoms with Crippen molar-refractivity contribution < 1.29 is 4.39 Å². The molecule has 0 radical (unpaired) electrons. The molecule has 0 saturated heterocycles. The van der Waals surface area contributed by atoms with Crippen LogP contribution in [0.2, 0.25) is 10.0 Å². The van der Waals surface area contributed by atoms with Gasteiger partial charge in [0.1, 0.15) is 5.82 Å². The summed E-state index contributed by atoms with van der Waals surface area (Å²) in [6.07, 6.45) is 0. The molecule has 0 aliphatic rings. The third-order valence-corrected chi connectivity index (χ3v) is 4.52. The average Bonchev–Trinajstić information content (AvgIpc) is 2.41. The van der Waals surface area contributed by atoms with Crippen LogP contribution in [0.4, 0.5) is 4.39 Å². The van der Waals surface area contributed by atoms with Crippen LogP contribution in [0.15, 0.2) is 42.5 Å². The van der Waals surface area contributed by atoms with Crippen molar-refractivity contribution in [3.05, 3.63) is 69.5 Å². The van der Waals surface area contributed by atoms with Gasteiger partial charge in [-0.25, -0.2) is 4.39 Å². The molecule has 2 N–H and O–H groups in total. The van der Waals surface area contributed by atoms with Crippen LogP contribution >= 0.6 is 23.2 Å². The minimum absolute atomic E-state index is 0.265. The van der Waals surface area contributed by atoms with Crippen molar-refractivity contribution in [2.45, 2.75) is 25.3 Å². The van der Waals surface area contributed by atoms with Crippen LogP contribution in [0.3, 0.4) is 0 Å². The Bertz CT molecular complexity index is 608. The smallest absolute Gasteiger partial charge is 0.123 e. The fourth-order valence-corrected chi connectivity index (χ4v) is 2.63. The highest BCUT2D eigenvalue weighted by Gasteiger charge is 2.31. The van der Waals surface area contributed by atoms with Crippen LogP contribution < -0.4 is 5.73 Å². The topological polar surface area (TPSA) is 26.0 Å². The van der Waals surface area contributed by atoms with Crippen LogP contribution in [0.1, 0.15) is 31.0 Å². The Balaban J connectivity index is 2.42. The van der Waals surface area contributed by atoms with E-state index in [0.29, 0.717) is 10.0 Å². The van der Waals surface area contributed by atoms with Gasteiger partial charge in [0.05, 0.1) is 10.0 Å². The summed E-state index contributed by atoms with van der Waals surface area (Å²) in [5.41, 5.74) is 7.71. The summed E-state index contributed by atoms with van der Waals surface area (Å²) in [5, 5.41) is 0.950. The Hall–Kier alpha value is -1.09. The van der Waals surface area contributed by atoms with E-state index in [2.05, 4.69) is 0 Å². The molecule has 2 aromatic carbocycles. The summed E-state index contributed by atoms with van der Waals surface area (Å²) in [7, 11) is 0. The number of rotatable bonds is 3. The van der Waals surface area contributed by atoms with Gasteiger partial charge in [0, 0.05) is 11.5 Å². The second kappa shape index (κ2) is 5.72. The van der Waals surface area contributed by atoms with E-state index >= 15 is 0 Å². The van der Waals surface area contributed by atoms with Crippen LogP contribution in [0.5, 0.6) is 0 Å². The molecule has 1 nitrogen and oxygen atoms in total. The number of nitrogens with two attached hydrogens (primary N) is 1. The Kier molecular flexibility index (Phi) is 4.38. The molecule has 4 heteroatoms. The zero-order valence-electron chi connectivity index (χ0n) is 11.3. The predicted molar refractivity (Wildman–Crippen MR) is 82.8 cm³/mol. The lowest BCUT2D eigenvalue weighted by atomic mass is 9.75. The highest BCUT2D eigenvalue weighted by molar-refractivity contribution is 6.42. The Morgan fingerprint density at radius 2 is 1.65 bits per heavy atom. The molecule has 0 amide bonds. The number of halogens is 3. The predicted octanol–water partition coefficient (Wildman–Crippen LogP) is 5.11. The lowest BCUT2D eigenvalue weighted by molar-refractivity contribution is 0.420. The summed E-state index contributed by atoms with van der Waals surface area (Å²) < 4.78 is 13.0. The SMILES string of the molecule is CC(C)(c1ccc(F)cc1)C(N)c1cccc(Cl)c1Cl. The first-order valence-electron chi connectivity index (χ1n) is 6.29. The van der Waals surface area contributed by atoms with Crippen molar-refractivity contribution in [3.63, 3.8) is 0 Å². The zero-order chi connectivity index (χ0) is 14.9. The van der Waals surface area contributed by atoms with E-state index < -0.39 is 5.41 Å². The van der Waals surface area contributed by atoms with Gasteiger partial charge in [0.15, 0.2) is 0 Å². The molecule has 0 saturated carbocycles. The normalized spacial score (nSPS) is 13.3. The molecule has 1 unspecified atom stereocenters. The van der Waals surface area contributed by atoms with Crippen LogP contribution in [0, 0.1) is 5.82 Å². The standard InChI is InChI=1S/C16H16Cl2FN/c1-16(2,10-6-8-11(19)9-7-10)15(20)12-4-3-5-13(17)14(12)18/h3-9,15H,20H2,1-2H3. The summed E-state index contributed by atoms with van der Waals surface area (Å²) >= 11 is 12.3. The average molecular weight is 312 g/mol. The van der Waals surface area contributed by atoms with Gasteiger partial charge < -0.3 is 5.73 Å². The van der Waals surface area contributed by atoms with Gasteiger partial charge in [-0.3, -0.25) is 0 Å². The van der Waals surface area contributed by atoms with Crippen molar-refractivity contribution in [3.8, 4) is 0 Å². The van der Waals surface area contributed by atoms with E-state index in [-0.39, 0.29) is 11.9 Å². The van der Waals surface area contributed by atoms with E-state index in [1.54, 1.807) is 18.2 Å². The summed E-state index contributed by atoms with van der Waals surface area (Å²) in [4.78, 5) is 0. The molecule has 0 heterocycles. The molecular formula is C16H16Cl2FN. The maximum absolute atomic E-state index is 13.0. The number of benzene rings is 2. The fraction of sp³-hybridized carbons (Fsp3) is 0.250. The Morgan fingerprint density at radius 3 is 2.25 bits per heavy atom. The minimum atomic E-state index is -0.401. The van der Waals surface area contributed by atoms with Crippen LogP contribution in [-0.4, -0.2) is 0 Å². The van der Waals surface area contributed by atoms with Gasteiger partial charge in [-0.05, 0) is 29.3 Å². The molecule has 0 aromatic heterocycles. The van der Waals surface area contributed by atoms with E-state index in [0.717, 1.165) is 11.1 Å². The van der Waals surface area contributed by atoms with Gasteiger partial charge in [0.25, 0.3) is 0 Å². The maximum Gasteiger partial charge on any atom is 0.123 e. The molecule has 20 heavy (non-hydrogen) atoms. The van der Waals surface area contributed by atoms with E-state index in [1.807, 2.05) is 26.0 Å². The van der Waals surface area contributed by atoms with Crippen molar-refractivity contribution in [1.82, 2.24) is 0 Å². The minimum Gasteiger partial charge on any atom is -0.323 e. The molecule has 0 spiro atoms. The largest absolute Gasteiger partial charge is 0.323 e. The van der Waals surface area contributed by atoms with Crippen molar-refractivity contribution in [2.75, 3.05) is 0 Å². The van der Waals surface area contributed by atoms with Gasteiger partial charge >= 0.3 is 0 Å². The van der Waals surface area contributed by atoms with Gasteiger partial charge in [-0.2, -0.15) is 0 Å². The first kappa shape index (κ1) is 15.3. The van der Waals surface area contributed by atoms with E-state index in [9.17, 15) is 4.39 Å². The van der Waals surface area contributed by atoms with Gasteiger partial charge in [-0.15, -0.1) is 0 Å². The van der Waals surface area contributed by atoms with E-state index in [4.69, 9.17) is 28.9 Å². The molecule has 1 atom stereocenters. The quantitative estimate of drug-likeness (QED) is 0.837. The second-order valence-corrected chi connectivity index (χ2v) is 6.13. The monoisotopic (exact) mass is 311 g/mol. The van der Waals surface area contributed by atoms with Crippen LogP contribution in [-0.2, 0) is 5.41 Å². The first-order chi connectivity index (χ1) is 9.34.